The second kappa shape index (κ2) is 4.74. The van der Waals surface area contributed by atoms with Gasteiger partial charge in [-0.3, -0.25) is 25.7 Å². The highest BCUT2D eigenvalue weighted by Crippen LogP contribution is 1.98. The van der Waals surface area contributed by atoms with Crippen LogP contribution >= 0.6 is 0 Å². The van der Waals surface area contributed by atoms with E-state index in [4.69, 9.17) is 5.73 Å². The minimum absolute atomic E-state index is 0.527. The van der Waals surface area contributed by atoms with Gasteiger partial charge in [0.2, 0.25) is 0 Å². The smallest absolute Gasteiger partial charge is 0.372 e. The fourth-order valence-electron chi connectivity index (χ4n) is 0.485. The molecule has 0 aliphatic heterocycles. The van der Waals surface area contributed by atoms with Gasteiger partial charge in [-0.1, -0.05) is 0 Å². The lowest BCUT2D eigenvalue weighted by molar-refractivity contribution is -0.617. The maximum Gasteiger partial charge on any atom is 0.600 e. The molecule has 9 heteroatoms. The average molecular weight is 203 g/mol. The Morgan fingerprint density at radius 1 is 1.29 bits per heavy atom. The van der Waals surface area contributed by atoms with Crippen LogP contribution in [-0.4, -0.2) is 15.6 Å². The third-order valence-electron chi connectivity index (χ3n) is 0.987. The predicted molar refractivity (Wildman–Crippen MR) is 47.1 cm³/mol. The number of hydrogen-bond acceptors (Lipinski definition) is 7. The van der Waals surface area contributed by atoms with E-state index in [1.165, 1.54) is 0 Å². The maximum absolute atomic E-state index is 10.2. The number of nitrogens with one attached hydrogen (secondary N) is 1. The van der Waals surface area contributed by atoms with E-state index >= 15 is 0 Å². The van der Waals surface area contributed by atoms with Crippen LogP contribution in [0.3, 0.4) is 0 Å². The van der Waals surface area contributed by atoms with Gasteiger partial charge in [0.1, 0.15) is 9.85 Å². The molecule has 0 bridgehead atoms. The monoisotopic (exact) mass is 203 g/mol. The van der Waals surface area contributed by atoms with Gasteiger partial charge in [0.05, 0.1) is 0 Å². The molecule has 0 aromatic carbocycles. The van der Waals surface area contributed by atoms with E-state index in [1.54, 1.807) is 13.8 Å². The largest absolute Gasteiger partial charge is 0.600 e. The molecule has 0 aliphatic rings. The molecule has 0 aliphatic carbocycles. The van der Waals surface area contributed by atoms with Gasteiger partial charge < -0.3 is 5.73 Å². The zero-order valence-electron chi connectivity index (χ0n) is 7.55. The molecule has 9 nitrogen and oxygen atoms in total. The van der Waals surface area contributed by atoms with Gasteiger partial charge in [-0.2, -0.15) is 5.10 Å². The highest BCUT2D eigenvalue weighted by Gasteiger charge is 2.30. The Bertz CT molecular complexity index is 300. The summed E-state index contributed by atoms with van der Waals surface area (Å²) < 4.78 is 0. The second-order valence-electron chi connectivity index (χ2n) is 2.42. The highest BCUT2D eigenvalue weighted by molar-refractivity contribution is 5.78. The van der Waals surface area contributed by atoms with E-state index in [1.807, 2.05) is 5.43 Å². The van der Waals surface area contributed by atoms with Crippen LogP contribution in [0.4, 0.5) is 0 Å². The van der Waals surface area contributed by atoms with Crippen molar-refractivity contribution in [2.45, 2.75) is 13.8 Å². The van der Waals surface area contributed by atoms with Gasteiger partial charge in [-0.25, -0.2) is 0 Å². The fourth-order valence-corrected chi connectivity index (χ4v) is 0.485. The first-order chi connectivity index (χ1) is 6.36. The van der Waals surface area contributed by atoms with Crippen LogP contribution in [0.15, 0.2) is 16.7 Å². The van der Waals surface area contributed by atoms with Gasteiger partial charge in [-0.15, -0.1) is 0 Å². The van der Waals surface area contributed by atoms with Crippen LogP contribution in [0.25, 0.3) is 0 Å². The summed E-state index contributed by atoms with van der Waals surface area (Å²) >= 11 is 0. The van der Waals surface area contributed by atoms with Crippen molar-refractivity contribution < 1.29 is 9.85 Å². The molecular formula is C5H9N5O4. The van der Waals surface area contributed by atoms with E-state index < -0.39 is 21.5 Å². The van der Waals surface area contributed by atoms with Crippen molar-refractivity contribution in [3.8, 4) is 0 Å². The average Bonchev–Trinajstić information content (AvgIpc) is 1.99. The summed E-state index contributed by atoms with van der Waals surface area (Å²) in [7, 11) is 0. The normalized spacial score (nSPS) is 8.71. The highest BCUT2D eigenvalue weighted by atomic mass is 16.7. The molecule has 0 aromatic rings. The zero-order valence-corrected chi connectivity index (χ0v) is 7.55. The van der Waals surface area contributed by atoms with Crippen LogP contribution < -0.4 is 11.2 Å². The standard InChI is InChI=1S/C5H9N5O4/c1-3(2)7-8-4(6)5(9(11)12)10(13)14/h8H,6H2,1-2H3. The van der Waals surface area contributed by atoms with Crippen molar-refractivity contribution in [3.63, 3.8) is 0 Å². The third kappa shape index (κ3) is 3.47. The maximum atomic E-state index is 10.2. The van der Waals surface area contributed by atoms with Gasteiger partial charge in [-0.05, 0) is 13.8 Å². The van der Waals surface area contributed by atoms with Crippen LogP contribution in [0, 0.1) is 20.2 Å². The molecule has 0 heterocycles. The van der Waals surface area contributed by atoms with Crippen molar-refractivity contribution in [3.05, 3.63) is 31.9 Å². The molecular weight excluding hydrogens is 194 g/mol. The molecule has 0 saturated heterocycles. The molecule has 0 saturated carbocycles. The second-order valence-corrected chi connectivity index (χ2v) is 2.42. The zero-order chi connectivity index (χ0) is 11.3. The number of hydrogen-bond donors (Lipinski definition) is 2. The van der Waals surface area contributed by atoms with Gasteiger partial charge in [0.15, 0.2) is 0 Å². The summed E-state index contributed by atoms with van der Waals surface area (Å²) in [5, 5.41) is 23.8. The lowest BCUT2D eigenvalue weighted by Gasteiger charge is -1.96. The Balaban J connectivity index is 4.92. The summed E-state index contributed by atoms with van der Waals surface area (Å²) in [5.74, 6) is -2.03. The van der Waals surface area contributed by atoms with Crippen molar-refractivity contribution in [1.29, 1.82) is 0 Å². The Hall–Kier alpha value is -2.19. The third-order valence-corrected chi connectivity index (χ3v) is 0.987. The molecule has 0 aromatic heterocycles. The number of nitrogens with two attached hydrogens (primary N) is 1. The minimum Gasteiger partial charge on any atom is -0.372 e. The van der Waals surface area contributed by atoms with Gasteiger partial charge in [0, 0.05) is 5.71 Å². The number of nitrogens with zero attached hydrogens (tertiary/aromatic N) is 3. The molecule has 3 N–H and O–H groups in total. The first kappa shape index (κ1) is 11.8. The quantitative estimate of drug-likeness (QED) is 0.362. The summed E-state index contributed by atoms with van der Waals surface area (Å²) in [6.07, 6.45) is 0. The minimum atomic E-state index is -1.32. The molecule has 14 heavy (non-hydrogen) atoms. The van der Waals surface area contributed by atoms with E-state index in [-0.39, 0.29) is 0 Å². The van der Waals surface area contributed by atoms with Crippen LogP contribution in [0.2, 0.25) is 0 Å². The molecule has 0 rings (SSSR count). The Morgan fingerprint density at radius 3 is 2.00 bits per heavy atom. The van der Waals surface area contributed by atoms with Crippen LogP contribution in [-0.2, 0) is 0 Å². The van der Waals surface area contributed by atoms with Crippen molar-refractivity contribution in [1.82, 2.24) is 5.43 Å². The number of hydrazone groups is 1. The first-order valence-corrected chi connectivity index (χ1v) is 3.41. The topological polar surface area (TPSA) is 137 Å². The van der Waals surface area contributed by atoms with E-state index in [0.717, 1.165) is 0 Å². The number of rotatable bonds is 4. The Labute approximate surface area is 78.6 Å². The van der Waals surface area contributed by atoms with Gasteiger partial charge >= 0.3 is 5.82 Å². The summed E-state index contributed by atoms with van der Waals surface area (Å²) in [6.45, 7) is 3.19. The Kier molecular flexibility index (Phi) is 4.00. The molecule has 0 radical (unpaired) electrons. The fraction of sp³-hybridized carbons (Fsp3) is 0.400. The van der Waals surface area contributed by atoms with Crippen molar-refractivity contribution >= 4 is 5.71 Å². The molecule has 0 atom stereocenters. The van der Waals surface area contributed by atoms with E-state index in [9.17, 15) is 20.2 Å². The predicted octanol–water partition coefficient (Wildman–Crippen LogP) is -0.389. The molecule has 0 fully saturated rings. The SMILES string of the molecule is CC(C)=NNC(N)=C([N+](=O)[O-])[N+](=O)[O-]. The van der Waals surface area contributed by atoms with Crippen LogP contribution in [0.1, 0.15) is 13.8 Å². The molecule has 0 amide bonds. The number of nitro groups is 2. The molecule has 0 unspecified atom stereocenters. The lowest BCUT2D eigenvalue weighted by Crippen LogP contribution is -2.25. The molecule has 0 spiro atoms. The van der Waals surface area contributed by atoms with E-state index in [0.29, 0.717) is 5.71 Å². The first-order valence-electron chi connectivity index (χ1n) is 3.41. The summed E-state index contributed by atoms with van der Waals surface area (Å²) in [5.41, 5.74) is 7.58. The van der Waals surface area contributed by atoms with E-state index in [2.05, 4.69) is 5.10 Å². The lowest BCUT2D eigenvalue weighted by atomic mass is 10.5. The Morgan fingerprint density at radius 2 is 1.71 bits per heavy atom. The molecule has 78 valence electrons. The van der Waals surface area contributed by atoms with Crippen molar-refractivity contribution in [2.75, 3.05) is 0 Å². The van der Waals surface area contributed by atoms with Gasteiger partial charge in [0.25, 0.3) is 5.82 Å². The van der Waals surface area contributed by atoms with Crippen LogP contribution in [0.5, 0.6) is 0 Å². The summed E-state index contributed by atoms with van der Waals surface area (Å²) in [6, 6.07) is 0. The van der Waals surface area contributed by atoms with Crippen molar-refractivity contribution in [2.24, 2.45) is 10.8 Å². The summed E-state index contributed by atoms with van der Waals surface area (Å²) in [4.78, 5) is 17.9.